The highest BCUT2D eigenvalue weighted by Gasteiger charge is 2.18. The van der Waals surface area contributed by atoms with Crippen LogP contribution in [0.1, 0.15) is 19.3 Å². The topological polar surface area (TPSA) is 52.4 Å². The molecular formula is C11H13Cl2NO3S. The maximum atomic E-state index is 10.8. The summed E-state index contributed by atoms with van der Waals surface area (Å²) < 4.78 is 5.37. The minimum absolute atomic E-state index is 0.144. The Morgan fingerprint density at radius 3 is 2.50 bits per heavy atom. The summed E-state index contributed by atoms with van der Waals surface area (Å²) in [5.74, 6) is 0.979. The zero-order valence-corrected chi connectivity index (χ0v) is 12.0. The van der Waals surface area contributed by atoms with E-state index < -0.39 is 4.92 Å². The van der Waals surface area contributed by atoms with Gasteiger partial charge < -0.3 is 4.74 Å². The molecule has 0 aliphatic carbocycles. The number of halogens is 2. The van der Waals surface area contributed by atoms with Crippen molar-refractivity contribution in [2.45, 2.75) is 19.3 Å². The molecule has 0 spiro atoms. The Balaban J connectivity index is 2.68. The number of nitro groups is 1. The number of benzene rings is 1. The second-order valence-corrected chi connectivity index (χ2v) is 4.89. The molecule has 18 heavy (non-hydrogen) atoms. The quantitative estimate of drug-likeness (QED) is 0.352. The van der Waals surface area contributed by atoms with Crippen molar-refractivity contribution < 1.29 is 9.66 Å². The molecule has 0 aliphatic heterocycles. The number of hydrogen-bond acceptors (Lipinski definition) is 4. The van der Waals surface area contributed by atoms with Gasteiger partial charge in [0, 0.05) is 12.1 Å². The molecule has 0 bridgehead atoms. The van der Waals surface area contributed by atoms with Gasteiger partial charge in [0.2, 0.25) is 0 Å². The van der Waals surface area contributed by atoms with E-state index >= 15 is 0 Å². The third-order valence-corrected chi connectivity index (χ3v) is 3.30. The highest BCUT2D eigenvalue weighted by molar-refractivity contribution is 7.80. The molecule has 0 heterocycles. The van der Waals surface area contributed by atoms with Crippen molar-refractivity contribution in [2.75, 3.05) is 12.4 Å². The molecule has 0 aromatic heterocycles. The molecule has 7 heteroatoms. The van der Waals surface area contributed by atoms with Crippen LogP contribution in [0.2, 0.25) is 10.0 Å². The van der Waals surface area contributed by atoms with Crippen LogP contribution in [0.4, 0.5) is 5.69 Å². The van der Waals surface area contributed by atoms with Crippen molar-refractivity contribution in [3.63, 3.8) is 0 Å². The van der Waals surface area contributed by atoms with Gasteiger partial charge in [-0.15, -0.1) is 0 Å². The Labute approximate surface area is 121 Å². The highest BCUT2D eigenvalue weighted by atomic mass is 35.5. The molecule has 1 aromatic carbocycles. The van der Waals surface area contributed by atoms with E-state index in [1.807, 2.05) is 0 Å². The molecule has 0 radical (unpaired) electrons. The second kappa shape index (κ2) is 7.71. The molecule has 0 unspecified atom stereocenters. The number of thiol groups is 1. The van der Waals surface area contributed by atoms with Crippen LogP contribution >= 0.6 is 35.8 Å². The van der Waals surface area contributed by atoms with Crippen molar-refractivity contribution in [2.24, 2.45) is 0 Å². The van der Waals surface area contributed by atoms with Crippen LogP contribution in [0.25, 0.3) is 0 Å². The van der Waals surface area contributed by atoms with Gasteiger partial charge >= 0.3 is 5.69 Å². The number of nitrogens with zero attached hydrogens (tertiary/aromatic N) is 1. The summed E-state index contributed by atoms with van der Waals surface area (Å²) in [6.45, 7) is 0.409. The number of nitro benzene ring substituents is 1. The van der Waals surface area contributed by atoms with Crippen molar-refractivity contribution in [1.82, 2.24) is 0 Å². The van der Waals surface area contributed by atoms with Gasteiger partial charge in [-0.3, -0.25) is 10.1 Å². The molecule has 0 amide bonds. The van der Waals surface area contributed by atoms with Crippen LogP contribution in [0, 0.1) is 10.1 Å². The Kier molecular flexibility index (Phi) is 6.60. The third-order valence-electron chi connectivity index (χ3n) is 2.26. The van der Waals surface area contributed by atoms with Crippen molar-refractivity contribution in [1.29, 1.82) is 0 Å². The highest BCUT2D eigenvalue weighted by Crippen LogP contribution is 2.35. The van der Waals surface area contributed by atoms with E-state index in [-0.39, 0.29) is 21.5 Å². The van der Waals surface area contributed by atoms with E-state index in [2.05, 4.69) is 12.6 Å². The van der Waals surface area contributed by atoms with Gasteiger partial charge in [-0.05, 0) is 25.0 Å². The Morgan fingerprint density at radius 2 is 1.89 bits per heavy atom. The summed E-state index contributed by atoms with van der Waals surface area (Å²) in [6, 6.07) is 2.58. The van der Waals surface area contributed by atoms with Crippen molar-refractivity contribution in [3.8, 4) is 5.75 Å². The Hall–Kier alpha value is -0.650. The standard InChI is InChI=1S/C11H13Cl2NO3S/c12-8-6-10(14(15)16)11(7-9(8)13)17-4-2-1-3-5-18/h6-7,18H,1-5H2. The smallest absolute Gasteiger partial charge is 0.312 e. The Morgan fingerprint density at radius 1 is 1.22 bits per heavy atom. The van der Waals surface area contributed by atoms with Gasteiger partial charge in [-0.2, -0.15) is 12.6 Å². The predicted molar refractivity (Wildman–Crippen MR) is 76.3 cm³/mol. The molecule has 100 valence electrons. The summed E-state index contributed by atoms with van der Waals surface area (Å²) in [4.78, 5) is 10.3. The number of ether oxygens (including phenoxy) is 1. The lowest BCUT2D eigenvalue weighted by molar-refractivity contribution is -0.385. The predicted octanol–water partition coefficient (Wildman–Crippen LogP) is 4.38. The molecule has 1 rings (SSSR count). The zero-order chi connectivity index (χ0) is 13.5. The fourth-order valence-electron chi connectivity index (χ4n) is 1.35. The number of hydrogen-bond donors (Lipinski definition) is 1. The second-order valence-electron chi connectivity index (χ2n) is 3.62. The SMILES string of the molecule is O=[N+]([O-])c1cc(Cl)c(Cl)cc1OCCCCCS. The van der Waals surface area contributed by atoms with Crippen LogP contribution in [-0.4, -0.2) is 17.3 Å². The van der Waals surface area contributed by atoms with Gasteiger partial charge in [0.05, 0.1) is 21.6 Å². The first-order valence-electron chi connectivity index (χ1n) is 5.43. The summed E-state index contributed by atoms with van der Waals surface area (Å²) in [7, 11) is 0. The number of unbranched alkanes of at least 4 members (excludes halogenated alkanes) is 2. The maximum absolute atomic E-state index is 10.8. The molecule has 0 saturated heterocycles. The summed E-state index contributed by atoms with van der Waals surface area (Å²) in [6.07, 6.45) is 2.78. The molecular weight excluding hydrogens is 297 g/mol. The number of rotatable bonds is 7. The van der Waals surface area contributed by atoms with E-state index in [0.717, 1.165) is 25.0 Å². The van der Waals surface area contributed by atoms with Crippen molar-refractivity contribution >= 4 is 41.5 Å². The maximum Gasteiger partial charge on any atom is 0.312 e. The normalized spacial score (nSPS) is 10.4. The lowest BCUT2D eigenvalue weighted by atomic mass is 10.2. The third kappa shape index (κ3) is 4.55. The van der Waals surface area contributed by atoms with Gasteiger partial charge in [0.25, 0.3) is 0 Å². The van der Waals surface area contributed by atoms with Crippen LogP contribution in [-0.2, 0) is 0 Å². The van der Waals surface area contributed by atoms with E-state index in [1.165, 1.54) is 12.1 Å². The molecule has 0 N–H and O–H groups in total. The average molecular weight is 310 g/mol. The lowest BCUT2D eigenvalue weighted by Crippen LogP contribution is -2.01. The van der Waals surface area contributed by atoms with Gasteiger partial charge in [0.1, 0.15) is 0 Å². The molecule has 0 fully saturated rings. The molecule has 0 saturated carbocycles. The van der Waals surface area contributed by atoms with Gasteiger partial charge in [-0.1, -0.05) is 23.2 Å². The fourth-order valence-corrected chi connectivity index (χ4v) is 1.88. The van der Waals surface area contributed by atoms with E-state index in [4.69, 9.17) is 27.9 Å². The Bertz CT molecular complexity index is 429. The van der Waals surface area contributed by atoms with Crippen LogP contribution in [0.5, 0.6) is 5.75 Å². The van der Waals surface area contributed by atoms with E-state index in [9.17, 15) is 10.1 Å². The average Bonchev–Trinajstić information content (AvgIpc) is 2.32. The molecule has 1 aromatic rings. The van der Waals surface area contributed by atoms with Crippen molar-refractivity contribution in [3.05, 3.63) is 32.3 Å². The summed E-state index contributed by atoms with van der Waals surface area (Å²) >= 11 is 15.6. The first-order chi connectivity index (χ1) is 8.56. The van der Waals surface area contributed by atoms with Gasteiger partial charge in [-0.25, -0.2) is 0 Å². The monoisotopic (exact) mass is 309 g/mol. The van der Waals surface area contributed by atoms with Crippen LogP contribution in [0.3, 0.4) is 0 Å². The van der Waals surface area contributed by atoms with E-state index in [1.54, 1.807) is 0 Å². The largest absolute Gasteiger partial charge is 0.487 e. The van der Waals surface area contributed by atoms with Gasteiger partial charge in [0.15, 0.2) is 5.75 Å². The lowest BCUT2D eigenvalue weighted by Gasteiger charge is -2.07. The minimum Gasteiger partial charge on any atom is -0.487 e. The fraction of sp³-hybridized carbons (Fsp3) is 0.455. The first-order valence-corrected chi connectivity index (χ1v) is 6.82. The van der Waals surface area contributed by atoms with Crippen LogP contribution < -0.4 is 4.74 Å². The molecule has 0 aliphatic rings. The minimum atomic E-state index is -0.536. The first kappa shape index (κ1) is 15.4. The van der Waals surface area contributed by atoms with E-state index in [0.29, 0.717) is 6.61 Å². The summed E-state index contributed by atoms with van der Waals surface area (Å²) in [5, 5.41) is 11.2. The molecule has 4 nitrogen and oxygen atoms in total. The molecule has 0 atom stereocenters. The summed E-state index contributed by atoms with van der Waals surface area (Å²) in [5.41, 5.74) is -0.168. The van der Waals surface area contributed by atoms with Crippen LogP contribution in [0.15, 0.2) is 12.1 Å². The zero-order valence-electron chi connectivity index (χ0n) is 9.57.